The summed E-state index contributed by atoms with van der Waals surface area (Å²) in [5.41, 5.74) is 3.99. The van der Waals surface area contributed by atoms with Gasteiger partial charge < -0.3 is 15.5 Å². The molecule has 2 aromatic rings. The first-order chi connectivity index (χ1) is 11.9. The number of nitrogens with zero attached hydrogens (tertiary/aromatic N) is 1. The van der Waals surface area contributed by atoms with Crippen molar-refractivity contribution in [3.05, 3.63) is 65.2 Å². The van der Waals surface area contributed by atoms with Gasteiger partial charge in [-0.2, -0.15) is 0 Å². The van der Waals surface area contributed by atoms with Crippen LogP contribution in [0.15, 0.2) is 48.5 Å². The molecular formula is C20H25N3O2. The van der Waals surface area contributed by atoms with Crippen molar-refractivity contribution in [2.75, 3.05) is 19.4 Å². The van der Waals surface area contributed by atoms with Gasteiger partial charge in [0, 0.05) is 25.7 Å². The van der Waals surface area contributed by atoms with Gasteiger partial charge in [0.15, 0.2) is 0 Å². The van der Waals surface area contributed by atoms with E-state index in [0.29, 0.717) is 13.0 Å². The molecule has 0 aliphatic rings. The maximum absolute atomic E-state index is 12.2. The average Bonchev–Trinajstić information content (AvgIpc) is 2.55. The lowest BCUT2D eigenvalue weighted by Gasteiger charge is -2.14. The van der Waals surface area contributed by atoms with E-state index >= 15 is 0 Å². The monoisotopic (exact) mass is 339 g/mol. The Bertz CT molecular complexity index is 724. The van der Waals surface area contributed by atoms with Crippen LogP contribution in [0.5, 0.6) is 0 Å². The molecule has 0 atom stereocenters. The molecule has 0 fully saturated rings. The van der Waals surface area contributed by atoms with Crippen molar-refractivity contribution < 1.29 is 9.59 Å². The van der Waals surface area contributed by atoms with Crippen molar-refractivity contribution in [3.8, 4) is 0 Å². The number of amides is 2. The van der Waals surface area contributed by atoms with E-state index in [0.717, 1.165) is 23.4 Å². The number of anilines is 1. The fourth-order valence-electron chi connectivity index (χ4n) is 2.58. The fourth-order valence-corrected chi connectivity index (χ4v) is 2.58. The van der Waals surface area contributed by atoms with E-state index in [4.69, 9.17) is 0 Å². The minimum atomic E-state index is -0.109. The zero-order chi connectivity index (χ0) is 18.2. The maximum atomic E-state index is 12.2. The number of carbonyl (C=O) groups is 2. The van der Waals surface area contributed by atoms with Gasteiger partial charge in [0.25, 0.3) is 0 Å². The maximum Gasteiger partial charge on any atom is 0.224 e. The van der Waals surface area contributed by atoms with Gasteiger partial charge in [-0.25, -0.2) is 0 Å². The van der Waals surface area contributed by atoms with Crippen molar-refractivity contribution in [2.45, 2.75) is 26.4 Å². The van der Waals surface area contributed by atoms with E-state index in [2.05, 4.69) is 21.6 Å². The van der Waals surface area contributed by atoms with Crippen molar-refractivity contribution in [2.24, 2.45) is 0 Å². The summed E-state index contributed by atoms with van der Waals surface area (Å²) < 4.78 is 0. The first kappa shape index (κ1) is 18.7. The van der Waals surface area contributed by atoms with Gasteiger partial charge in [-0.3, -0.25) is 9.59 Å². The highest BCUT2D eigenvalue weighted by Gasteiger charge is 2.07. The van der Waals surface area contributed by atoms with E-state index in [9.17, 15) is 9.59 Å². The van der Waals surface area contributed by atoms with Crippen molar-refractivity contribution >= 4 is 17.5 Å². The molecular weight excluding hydrogens is 314 g/mol. The molecule has 0 heterocycles. The smallest absolute Gasteiger partial charge is 0.224 e. The Morgan fingerprint density at radius 1 is 0.960 bits per heavy atom. The summed E-state index contributed by atoms with van der Waals surface area (Å²) in [5.74, 6) is -0.131. The number of hydrogen-bond acceptors (Lipinski definition) is 3. The minimum absolute atomic E-state index is 0.0214. The van der Waals surface area contributed by atoms with Gasteiger partial charge in [0.05, 0.1) is 6.42 Å². The lowest BCUT2D eigenvalue weighted by molar-refractivity contribution is -0.120. The molecule has 0 aliphatic heterocycles. The van der Waals surface area contributed by atoms with Gasteiger partial charge in [-0.1, -0.05) is 36.4 Å². The SMILES string of the molecule is CC(=O)Nc1ccc(CC(=O)NCc2ccccc2CN(C)C)cc1. The Balaban J connectivity index is 1.90. The average molecular weight is 339 g/mol. The van der Waals surface area contributed by atoms with Crippen LogP contribution >= 0.6 is 0 Å². The summed E-state index contributed by atoms with van der Waals surface area (Å²) in [6.07, 6.45) is 0.316. The highest BCUT2D eigenvalue weighted by Crippen LogP contribution is 2.12. The number of nitrogens with one attached hydrogen (secondary N) is 2. The van der Waals surface area contributed by atoms with Gasteiger partial charge in [0.2, 0.25) is 11.8 Å². The summed E-state index contributed by atoms with van der Waals surface area (Å²) in [4.78, 5) is 25.3. The predicted octanol–water partition coefficient (Wildman–Crippen LogP) is 2.57. The molecule has 132 valence electrons. The Kier molecular flexibility index (Phi) is 6.71. The van der Waals surface area contributed by atoms with Crippen LogP contribution < -0.4 is 10.6 Å². The quantitative estimate of drug-likeness (QED) is 0.815. The molecule has 0 aromatic heterocycles. The molecule has 0 saturated carbocycles. The fraction of sp³-hybridized carbons (Fsp3) is 0.300. The van der Waals surface area contributed by atoms with Crippen LogP contribution in [0.2, 0.25) is 0 Å². The zero-order valence-electron chi connectivity index (χ0n) is 15.0. The molecule has 0 bridgehead atoms. The highest BCUT2D eigenvalue weighted by atomic mass is 16.2. The molecule has 0 aliphatic carbocycles. The topological polar surface area (TPSA) is 61.4 Å². The summed E-state index contributed by atoms with van der Waals surface area (Å²) in [6.45, 7) is 2.83. The molecule has 25 heavy (non-hydrogen) atoms. The van der Waals surface area contributed by atoms with Crippen LogP contribution in [0.4, 0.5) is 5.69 Å². The Morgan fingerprint density at radius 3 is 2.20 bits per heavy atom. The molecule has 0 saturated heterocycles. The normalized spacial score (nSPS) is 10.6. The largest absolute Gasteiger partial charge is 0.352 e. The minimum Gasteiger partial charge on any atom is -0.352 e. The van der Waals surface area contributed by atoms with E-state index in [1.165, 1.54) is 12.5 Å². The molecule has 0 radical (unpaired) electrons. The lowest BCUT2D eigenvalue weighted by Crippen LogP contribution is -2.25. The van der Waals surface area contributed by atoms with E-state index < -0.39 is 0 Å². The second-order valence-electron chi connectivity index (χ2n) is 6.34. The van der Waals surface area contributed by atoms with Crippen LogP contribution in [0.25, 0.3) is 0 Å². The summed E-state index contributed by atoms with van der Waals surface area (Å²) >= 11 is 0. The van der Waals surface area contributed by atoms with Crippen molar-refractivity contribution in [1.29, 1.82) is 0 Å². The van der Waals surface area contributed by atoms with Crippen molar-refractivity contribution in [1.82, 2.24) is 10.2 Å². The third kappa shape index (κ3) is 6.39. The second kappa shape index (κ2) is 8.99. The first-order valence-corrected chi connectivity index (χ1v) is 8.29. The third-order valence-electron chi connectivity index (χ3n) is 3.72. The van der Waals surface area contributed by atoms with Crippen LogP contribution in [0.3, 0.4) is 0 Å². The van der Waals surface area contributed by atoms with Gasteiger partial charge in [0.1, 0.15) is 0 Å². The number of hydrogen-bond donors (Lipinski definition) is 2. The molecule has 5 nitrogen and oxygen atoms in total. The van der Waals surface area contributed by atoms with Gasteiger partial charge in [-0.05, 0) is 42.9 Å². The lowest BCUT2D eigenvalue weighted by atomic mass is 10.1. The van der Waals surface area contributed by atoms with E-state index in [1.807, 2.05) is 44.4 Å². The summed E-state index contributed by atoms with van der Waals surface area (Å²) in [5, 5.41) is 5.69. The molecule has 2 amide bonds. The van der Waals surface area contributed by atoms with Crippen LogP contribution in [-0.4, -0.2) is 30.8 Å². The summed E-state index contributed by atoms with van der Waals surface area (Å²) in [6, 6.07) is 15.4. The third-order valence-corrected chi connectivity index (χ3v) is 3.72. The molecule has 5 heteroatoms. The van der Waals surface area contributed by atoms with Crippen LogP contribution in [0, 0.1) is 0 Å². The Hall–Kier alpha value is -2.66. The Labute approximate surface area is 149 Å². The molecule has 0 unspecified atom stereocenters. The molecule has 0 spiro atoms. The second-order valence-corrected chi connectivity index (χ2v) is 6.34. The van der Waals surface area contributed by atoms with Gasteiger partial charge >= 0.3 is 0 Å². The molecule has 2 rings (SSSR count). The number of benzene rings is 2. The number of rotatable bonds is 7. The zero-order valence-corrected chi connectivity index (χ0v) is 15.0. The summed E-state index contributed by atoms with van der Waals surface area (Å²) in [7, 11) is 4.06. The number of carbonyl (C=O) groups excluding carboxylic acids is 2. The van der Waals surface area contributed by atoms with Crippen LogP contribution in [0.1, 0.15) is 23.6 Å². The predicted molar refractivity (Wildman–Crippen MR) is 100 cm³/mol. The molecule has 2 N–H and O–H groups in total. The van der Waals surface area contributed by atoms with Crippen molar-refractivity contribution in [3.63, 3.8) is 0 Å². The Morgan fingerprint density at radius 2 is 1.60 bits per heavy atom. The van der Waals surface area contributed by atoms with E-state index in [-0.39, 0.29) is 11.8 Å². The van der Waals surface area contributed by atoms with Crippen LogP contribution in [-0.2, 0) is 29.1 Å². The van der Waals surface area contributed by atoms with E-state index in [1.54, 1.807) is 12.1 Å². The standard InChI is InChI=1S/C20H25N3O2/c1-15(24)22-19-10-8-16(9-11-19)12-20(25)21-13-17-6-4-5-7-18(17)14-23(2)3/h4-11H,12-14H2,1-3H3,(H,21,25)(H,22,24). The first-order valence-electron chi connectivity index (χ1n) is 8.29. The molecule has 2 aromatic carbocycles. The highest BCUT2D eigenvalue weighted by molar-refractivity contribution is 5.88. The van der Waals surface area contributed by atoms with Gasteiger partial charge in [-0.15, -0.1) is 0 Å².